The number of nitrogens with zero attached hydrogens (tertiary/aromatic N) is 2. The zero-order valence-corrected chi connectivity index (χ0v) is 6.71. The SMILES string of the molecule is Cc1ncc(F)c(NCCO)n1. The van der Waals surface area contributed by atoms with Crippen LogP contribution in [0, 0.1) is 12.7 Å². The van der Waals surface area contributed by atoms with Crippen molar-refractivity contribution in [1.82, 2.24) is 9.97 Å². The first-order chi connectivity index (χ1) is 5.74. The van der Waals surface area contributed by atoms with Gasteiger partial charge in [-0.05, 0) is 6.92 Å². The lowest BCUT2D eigenvalue weighted by molar-refractivity contribution is 0.310. The fraction of sp³-hybridized carbons (Fsp3) is 0.429. The van der Waals surface area contributed by atoms with E-state index in [0.29, 0.717) is 5.82 Å². The van der Waals surface area contributed by atoms with Gasteiger partial charge in [-0.15, -0.1) is 0 Å². The first-order valence-corrected chi connectivity index (χ1v) is 3.58. The molecule has 0 bridgehead atoms. The number of rotatable bonds is 3. The molecule has 0 radical (unpaired) electrons. The molecule has 0 amide bonds. The third kappa shape index (κ3) is 2.13. The molecule has 1 heterocycles. The van der Waals surface area contributed by atoms with Gasteiger partial charge in [0.2, 0.25) is 0 Å². The second-order valence-corrected chi connectivity index (χ2v) is 2.26. The maximum Gasteiger partial charge on any atom is 0.183 e. The number of aliphatic hydroxyl groups is 1. The number of nitrogens with one attached hydrogen (secondary N) is 1. The molecule has 4 nitrogen and oxygen atoms in total. The predicted octanol–water partition coefficient (Wildman–Crippen LogP) is 0.328. The van der Waals surface area contributed by atoms with E-state index in [2.05, 4.69) is 15.3 Å². The summed E-state index contributed by atoms with van der Waals surface area (Å²) in [6, 6.07) is 0. The van der Waals surface area contributed by atoms with E-state index in [1.54, 1.807) is 6.92 Å². The van der Waals surface area contributed by atoms with Crippen molar-refractivity contribution in [3.63, 3.8) is 0 Å². The van der Waals surface area contributed by atoms with E-state index in [9.17, 15) is 4.39 Å². The van der Waals surface area contributed by atoms with E-state index < -0.39 is 5.82 Å². The van der Waals surface area contributed by atoms with Crippen molar-refractivity contribution in [2.24, 2.45) is 0 Å². The van der Waals surface area contributed by atoms with Crippen LogP contribution in [-0.4, -0.2) is 28.2 Å². The van der Waals surface area contributed by atoms with Crippen LogP contribution in [0.5, 0.6) is 0 Å². The molecule has 0 atom stereocenters. The summed E-state index contributed by atoms with van der Waals surface area (Å²) >= 11 is 0. The van der Waals surface area contributed by atoms with Gasteiger partial charge in [-0.25, -0.2) is 14.4 Å². The van der Waals surface area contributed by atoms with Crippen molar-refractivity contribution in [3.8, 4) is 0 Å². The summed E-state index contributed by atoms with van der Waals surface area (Å²) in [6.07, 6.45) is 1.10. The molecular formula is C7H10FN3O. The van der Waals surface area contributed by atoms with Gasteiger partial charge in [0.25, 0.3) is 0 Å². The predicted molar refractivity (Wildman–Crippen MR) is 42.3 cm³/mol. The summed E-state index contributed by atoms with van der Waals surface area (Å²) in [5, 5.41) is 11.1. The van der Waals surface area contributed by atoms with Crippen LogP contribution in [0.4, 0.5) is 10.2 Å². The van der Waals surface area contributed by atoms with Crippen LogP contribution in [0.3, 0.4) is 0 Å². The van der Waals surface area contributed by atoms with Gasteiger partial charge in [0, 0.05) is 6.54 Å². The molecule has 0 saturated carbocycles. The Balaban J connectivity index is 2.75. The van der Waals surface area contributed by atoms with Gasteiger partial charge in [0.1, 0.15) is 5.82 Å². The molecule has 66 valence electrons. The van der Waals surface area contributed by atoms with Crippen molar-refractivity contribution in [2.75, 3.05) is 18.5 Å². The smallest absolute Gasteiger partial charge is 0.183 e. The van der Waals surface area contributed by atoms with Gasteiger partial charge in [-0.2, -0.15) is 0 Å². The summed E-state index contributed by atoms with van der Waals surface area (Å²) < 4.78 is 12.8. The fourth-order valence-corrected chi connectivity index (χ4v) is 0.754. The first-order valence-electron chi connectivity index (χ1n) is 3.58. The van der Waals surface area contributed by atoms with Crippen molar-refractivity contribution in [1.29, 1.82) is 0 Å². The van der Waals surface area contributed by atoms with E-state index in [1.165, 1.54) is 0 Å². The van der Waals surface area contributed by atoms with Crippen LogP contribution < -0.4 is 5.32 Å². The molecule has 12 heavy (non-hydrogen) atoms. The Morgan fingerprint density at radius 1 is 1.67 bits per heavy atom. The fourth-order valence-electron chi connectivity index (χ4n) is 0.754. The largest absolute Gasteiger partial charge is 0.395 e. The van der Waals surface area contributed by atoms with Crippen molar-refractivity contribution >= 4 is 5.82 Å². The monoisotopic (exact) mass is 171 g/mol. The molecule has 1 rings (SSSR count). The molecule has 0 aliphatic carbocycles. The van der Waals surface area contributed by atoms with Crippen LogP contribution in [0.25, 0.3) is 0 Å². The standard InChI is InChI=1S/C7H10FN3O/c1-5-10-4-6(8)7(11-5)9-2-3-12/h4,12H,2-3H2,1H3,(H,9,10,11). The van der Waals surface area contributed by atoms with E-state index in [0.717, 1.165) is 6.20 Å². The van der Waals surface area contributed by atoms with Crippen LogP contribution in [0.1, 0.15) is 5.82 Å². The van der Waals surface area contributed by atoms with Crippen LogP contribution in [0.15, 0.2) is 6.20 Å². The van der Waals surface area contributed by atoms with Crippen molar-refractivity contribution in [3.05, 3.63) is 17.8 Å². The van der Waals surface area contributed by atoms with Gasteiger partial charge in [-0.1, -0.05) is 0 Å². The second-order valence-electron chi connectivity index (χ2n) is 2.26. The number of halogens is 1. The Morgan fingerprint density at radius 3 is 3.08 bits per heavy atom. The lowest BCUT2D eigenvalue weighted by Crippen LogP contribution is -2.09. The van der Waals surface area contributed by atoms with E-state index in [4.69, 9.17) is 5.11 Å². The maximum atomic E-state index is 12.8. The quantitative estimate of drug-likeness (QED) is 0.688. The van der Waals surface area contributed by atoms with Gasteiger partial charge in [-0.3, -0.25) is 0 Å². The minimum atomic E-state index is -0.506. The van der Waals surface area contributed by atoms with Crippen LogP contribution in [0.2, 0.25) is 0 Å². The molecule has 0 fully saturated rings. The molecular weight excluding hydrogens is 161 g/mol. The number of aryl methyl sites for hydroxylation is 1. The van der Waals surface area contributed by atoms with Gasteiger partial charge >= 0.3 is 0 Å². The van der Waals surface area contributed by atoms with E-state index in [1.807, 2.05) is 0 Å². The minimum Gasteiger partial charge on any atom is -0.395 e. The zero-order valence-electron chi connectivity index (χ0n) is 6.71. The van der Waals surface area contributed by atoms with Crippen LogP contribution in [-0.2, 0) is 0 Å². The highest BCUT2D eigenvalue weighted by Crippen LogP contribution is 2.07. The number of aromatic nitrogens is 2. The number of anilines is 1. The Labute approximate surface area is 69.5 Å². The summed E-state index contributed by atoms with van der Waals surface area (Å²) in [7, 11) is 0. The average Bonchev–Trinajstić information content (AvgIpc) is 2.07. The summed E-state index contributed by atoms with van der Waals surface area (Å²) in [5.74, 6) is 0.127. The highest BCUT2D eigenvalue weighted by atomic mass is 19.1. The van der Waals surface area contributed by atoms with Crippen molar-refractivity contribution < 1.29 is 9.50 Å². The normalized spacial score (nSPS) is 9.92. The third-order valence-electron chi connectivity index (χ3n) is 1.27. The molecule has 2 N–H and O–H groups in total. The Hall–Kier alpha value is -1.23. The number of hydrogen-bond acceptors (Lipinski definition) is 4. The topological polar surface area (TPSA) is 58.0 Å². The maximum absolute atomic E-state index is 12.8. The van der Waals surface area contributed by atoms with Crippen molar-refractivity contribution in [2.45, 2.75) is 6.92 Å². The van der Waals surface area contributed by atoms with E-state index >= 15 is 0 Å². The molecule has 5 heteroatoms. The summed E-state index contributed by atoms with van der Waals surface area (Å²) in [5.41, 5.74) is 0. The average molecular weight is 171 g/mol. The van der Waals surface area contributed by atoms with Gasteiger partial charge in [0.15, 0.2) is 11.6 Å². The minimum absolute atomic E-state index is 0.0531. The third-order valence-corrected chi connectivity index (χ3v) is 1.27. The molecule has 0 spiro atoms. The molecule has 1 aromatic heterocycles. The van der Waals surface area contributed by atoms with Gasteiger partial charge < -0.3 is 10.4 Å². The lowest BCUT2D eigenvalue weighted by Gasteiger charge is -2.03. The summed E-state index contributed by atoms with van der Waals surface area (Å²) in [4.78, 5) is 7.46. The number of hydrogen-bond donors (Lipinski definition) is 2. The molecule has 0 aliphatic heterocycles. The Bertz CT molecular complexity index is 267. The number of aliphatic hydroxyl groups excluding tert-OH is 1. The molecule has 1 aromatic rings. The second kappa shape index (κ2) is 3.96. The van der Waals surface area contributed by atoms with Crippen LogP contribution >= 0.6 is 0 Å². The highest BCUT2D eigenvalue weighted by Gasteiger charge is 2.02. The Morgan fingerprint density at radius 2 is 2.42 bits per heavy atom. The molecule has 0 aliphatic rings. The Kier molecular flexibility index (Phi) is 2.93. The molecule has 0 unspecified atom stereocenters. The lowest BCUT2D eigenvalue weighted by atomic mass is 10.5. The molecule has 0 aromatic carbocycles. The zero-order chi connectivity index (χ0) is 8.97. The molecule has 0 saturated heterocycles. The first kappa shape index (κ1) is 8.86. The van der Waals surface area contributed by atoms with Gasteiger partial charge in [0.05, 0.1) is 12.8 Å². The highest BCUT2D eigenvalue weighted by molar-refractivity contribution is 5.34. The summed E-state index contributed by atoms with van der Waals surface area (Å²) in [6.45, 7) is 1.90. The van der Waals surface area contributed by atoms with E-state index in [-0.39, 0.29) is 19.0 Å².